The van der Waals surface area contributed by atoms with Gasteiger partial charge in [0.1, 0.15) is 0 Å². The van der Waals surface area contributed by atoms with Crippen molar-refractivity contribution in [3.63, 3.8) is 0 Å². The largest absolute Gasteiger partial charge is 0.399 e. The minimum absolute atomic E-state index is 0.570. The van der Waals surface area contributed by atoms with Crippen LogP contribution in [0.3, 0.4) is 0 Å². The molecule has 0 aromatic heterocycles. The molecule has 1 aromatic carbocycles. The minimum Gasteiger partial charge on any atom is -0.399 e. The van der Waals surface area contributed by atoms with E-state index in [1.165, 1.54) is 16.7 Å². The van der Waals surface area contributed by atoms with Gasteiger partial charge in [0.05, 0.1) is 0 Å². The van der Waals surface area contributed by atoms with Crippen molar-refractivity contribution in [1.29, 1.82) is 0 Å². The number of benzene rings is 1. The van der Waals surface area contributed by atoms with Crippen molar-refractivity contribution in [3.8, 4) is 0 Å². The van der Waals surface area contributed by atoms with E-state index in [0.717, 1.165) is 35.5 Å². The zero-order chi connectivity index (χ0) is 13.4. The molecule has 2 N–H and O–H groups in total. The number of hydrogen-bond acceptors (Lipinski definition) is 1. The topological polar surface area (TPSA) is 26.0 Å². The van der Waals surface area contributed by atoms with Crippen LogP contribution in [0.1, 0.15) is 36.3 Å². The van der Waals surface area contributed by atoms with Gasteiger partial charge < -0.3 is 5.73 Å². The summed E-state index contributed by atoms with van der Waals surface area (Å²) < 4.78 is 0. The van der Waals surface area contributed by atoms with E-state index in [9.17, 15) is 0 Å². The lowest BCUT2D eigenvalue weighted by atomic mass is 9.94. The summed E-state index contributed by atoms with van der Waals surface area (Å²) in [5.41, 5.74) is 12.2. The van der Waals surface area contributed by atoms with E-state index in [4.69, 9.17) is 17.3 Å². The Morgan fingerprint density at radius 1 is 1.21 bits per heavy atom. The molecule has 0 fully saturated rings. The van der Waals surface area contributed by atoms with Crippen LogP contribution >= 0.6 is 11.6 Å². The van der Waals surface area contributed by atoms with Crippen molar-refractivity contribution in [2.24, 2.45) is 5.73 Å². The Labute approximate surface area is 119 Å². The number of rotatable bonds is 1. The molecule has 1 unspecified atom stereocenters. The zero-order valence-electron chi connectivity index (χ0n) is 11.1. The lowest BCUT2D eigenvalue weighted by Gasteiger charge is -2.12. The number of allylic oxidation sites excluding steroid dienone is 5. The monoisotopic (exact) mass is 271 g/mol. The smallest absolute Gasteiger partial charge is 0.0438 e. The van der Waals surface area contributed by atoms with Crippen LogP contribution in [0.5, 0.6) is 0 Å². The van der Waals surface area contributed by atoms with E-state index in [-0.39, 0.29) is 0 Å². The molecule has 1 atom stereocenters. The molecule has 0 spiro atoms. The molecule has 3 rings (SSSR count). The molecule has 2 heteroatoms. The van der Waals surface area contributed by atoms with Gasteiger partial charge in [0.15, 0.2) is 0 Å². The fourth-order valence-corrected chi connectivity index (χ4v) is 3.10. The lowest BCUT2D eigenvalue weighted by Crippen LogP contribution is -1.96. The fourth-order valence-electron chi connectivity index (χ4n) is 2.92. The number of halogens is 1. The first-order valence-electron chi connectivity index (χ1n) is 6.74. The fraction of sp³-hybridized carbons (Fsp3) is 0.294. The predicted molar refractivity (Wildman–Crippen MR) is 81.2 cm³/mol. The average molecular weight is 272 g/mol. The summed E-state index contributed by atoms with van der Waals surface area (Å²) in [6.07, 6.45) is 9.54. The second-order valence-corrected chi connectivity index (χ2v) is 5.89. The summed E-state index contributed by atoms with van der Waals surface area (Å²) in [6.45, 7) is 2.05. The second kappa shape index (κ2) is 4.90. The van der Waals surface area contributed by atoms with E-state index >= 15 is 0 Å². The SMILES string of the molecule is Cc1ccc(C2CC3=C(CC=C(N)C=C3)C2)cc1Cl. The first-order valence-corrected chi connectivity index (χ1v) is 7.12. The Morgan fingerprint density at radius 2 is 2.05 bits per heavy atom. The van der Waals surface area contributed by atoms with Crippen molar-refractivity contribution < 1.29 is 0 Å². The van der Waals surface area contributed by atoms with Crippen molar-refractivity contribution in [2.45, 2.75) is 32.1 Å². The van der Waals surface area contributed by atoms with Gasteiger partial charge in [0, 0.05) is 10.7 Å². The molecule has 0 bridgehead atoms. The van der Waals surface area contributed by atoms with Gasteiger partial charge in [-0.25, -0.2) is 0 Å². The molecule has 0 heterocycles. The number of nitrogens with two attached hydrogens (primary N) is 1. The lowest BCUT2D eigenvalue weighted by molar-refractivity contribution is 0.729. The minimum atomic E-state index is 0.570. The Balaban J connectivity index is 1.82. The molecule has 1 nitrogen and oxygen atoms in total. The predicted octanol–water partition coefficient (Wildman–Crippen LogP) is 4.62. The van der Waals surface area contributed by atoms with Crippen LogP contribution in [-0.4, -0.2) is 0 Å². The van der Waals surface area contributed by atoms with Gasteiger partial charge >= 0.3 is 0 Å². The van der Waals surface area contributed by atoms with Gasteiger partial charge in [-0.05, 0) is 60.9 Å². The molecule has 0 saturated carbocycles. The summed E-state index contributed by atoms with van der Waals surface area (Å²) in [5.74, 6) is 0.570. The van der Waals surface area contributed by atoms with E-state index in [0.29, 0.717) is 5.92 Å². The van der Waals surface area contributed by atoms with Gasteiger partial charge in [-0.15, -0.1) is 0 Å². The summed E-state index contributed by atoms with van der Waals surface area (Å²) in [7, 11) is 0. The van der Waals surface area contributed by atoms with Gasteiger partial charge in [0.25, 0.3) is 0 Å². The van der Waals surface area contributed by atoms with Crippen LogP contribution in [0.2, 0.25) is 5.02 Å². The van der Waals surface area contributed by atoms with Gasteiger partial charge in [-0.3, -0.25) is 0 Å². The maximum atomic E-state index is 6.24. The number of aryl methyl sites for hydroxylation is 1. The molecule has 0 saturated heterocycles. The highest BCUT2D eigenvalue weighted by Crippen LogP contribution is 2.42. The highest BCUT2D eigenvalue weighted by Gasteiger charge is 2.24. The molecule has 2 aliphatic carbocycles. The first kappa shape index (κ1) is 12.6. The maximum Gasteiger partial charge on any atom is 0.0438 e. The molecule has 0 aliphatic heterocycles. The summed E-state index contributed by atoms with van der Waals surface area (Å²) >= 11 is 6.24. The third-order valence-corrected chi connectivity index (χ3v) is 4.55. The van der Waals surface area contributed by atoms with Gasteiger partial charge in [0.2, 0.25) is 0 Å². The van der Waals surface area contributed by atoms with Crippen LogP contribution in [0.25, 0.3) is 0 Å². The van der Waals surface area contributed by atoms with Crippen LogP contribution in [0.15, 0.2) is 53.3 Å². The molecule has 0 radical (unpaired) electrons. The molecule has 98 valence electrons. The van der Waals surface area contributed by atoms with Gasteiger partial charge in [-0.2, -0.15) is 0 Å². The number of hydrogen-bond donors (Lipinski definition) is 1. The summed E-state index contributed by atoms with van der Waals surface area (Å²) in [4.78, 5) is 0. The Bertz CT molecular complexity index is 608. The van der Waals surface area contributed by atoms with Crippen molar-refractivity contribution in [3.05, 3.63) is 69.4 Å². The third-order valence-electron chi connectivity index (χ3n) is 4.14. The van der Waals surface area contributed by atoms with Crippen molar-refractivity contribution >= 4 is 11.6 Å². The van der Waals surface area contributed by atoms with Gasteiger partial charge in [-0.1, -0.05) is 41.5 Å². The zero-order valence-corrected chi connectivity index (χ0v) is 11.9. The highest BCUT2D eigenvalue weighted by molar-refractivity contribution is 6.31. The normalized spacial score (nSPS) is 22.2. The Hall–Kier alpha value is -1.47. The highest BCUT2D eigenvalue weighted by atomic mass is 35.5. The van der Waals surface area contributed by atoms with Crippen LogP contribution < -0.4 is 5.73 Å². The Kier molecular flexibility index (Phi) is 3.24. The molecular formula is C17H18ClN. The Morgan fingerprint density at radius 3 is 2.84 bits per heavy atom. The van der Waals surface area contributed by atoms with E-state index in [2.05, 4.69) is 30.4 Å². The van der Waals surface area contributed by atoms with E-state index in [1.807, 2.05) is 13.0 Å². The van der Waals surface area contributed by atoms with Crippen molar-refractivity contribution in [1.82, 2.24) is 0 Å². The molecule has 0 amide bonds. The van der Waals surface area contributed by atoms with E-state index in [1.54, 1.807) is 0 Å². The van der Waals surface area contributed by atoms with Crippen LogP contribution in [0, 0.1) is 6.92 Å². The molecule has 19 heavy (non-hydrogen) atoms. The molecule has 2 aliphatic rings. The standard InChI is InChI=1S/C17H18ClN/c1-11-2-3-14(10-17(11)18)15-8-12-4-6-16(19)7-5-13(12)9-15/h2-4,6-7,10,15H,5,8-9,19H2,1H3. The van der Waals surface area contributed by atoms with E-state index < -0.39 is 0 Å². The maximum absolute atomic E-state index is 6.24. The molecule has 1 aromatic rings. The average Bonchev–Trinajstić information content (AvgIpc) is 2.73. The first-order chi connectivity index (χ1) is 9.13. The summed E-state index contributed by atoms with van der Waals surface area (Å²) in [5, 5.41) is 0.874. The summed E-state index contributed by atoms with van der Waals surface area (Å²) in [6, 6.07) is 6.46. The second-order valence-electron chi connectivity index (χ2n) is 5.48. The quantitative estimate of drug-likeness (QED) is 0.792. The van der Waals surface area contributed by atoms with Crippen LogP contribution in [0.4, 0.5) is 0 Å². The third kappa shape index (κ3) is 2.48. The molecular weight excluding hydrogens is 254 g/mol. The van der Waals surface area contributed by atoms with Crippen molar-refractivity contribution in [2.75, 3.05) is 0 Å². The van der Waals surface area contributed by atoms with Crippen LogP contribution in [-0.2, 0) is 0 Å².